The van der Waals surface area contributed by atoms with Crippen LogP contribution in [0.2, 0.25) is 0 Å². The fourth-order valence-electron chi connectivity index (χ4n) is 2.23. The molecule has 3 rings (SSSR count). The summed E-state index contributed by atoms with van der Waals surface area (Å²) in [4.78, 5) is 4.21. The average Bonchev–Trinajstić information content (AvgIpc) is 3.05. The highest BCUT2D eigenvalue weighted by atomic mass is 19.4. The topological polar surface area (TPSA) is 51.2 Å². The Labute approximate surface area is 117 Å². The van der Waals surface area contributed by atoms with Gasteiger partial charge >= 0.3 is 6.18 Å². The molecule has 0 atom stereocenters. The lowest BCUT2D eigenvalue weighted by molar-refractivity contribution is -0.137. The molecule has 1 aromatic carbocycles. The third kappa shape index (κ3) is 2.40. The van der Waals surface area contributed by atoms with Gasteiger partial charge in [-0.1, -0.05) is 0 Å². The first-order valence-electron chi connectivity index (χ1n) is 6.23. The van der Waals surface area contributed by atoms with Gasteiger partial charge in [0, 0.05) is 6.54 Å². The number of alkyl halides is 3. The molecule has 1 N–H and O–H groups in total. The zero-order chi connectivity index (χ0) is 15.0. The Hall–Kier alpha value is -2.28. The number of benzene rings is 1. The lowest BCUT2D eigenvalue weighted by atomic mass is 10.2. The van der Waals surface area contributed by atoms with E-state index in [-0.39, 0.29) is 18.7 Å². The van der Waals surface area contributed by atoms with Crippen molar-refractivity contribution in [2.45, 2.75) is 12.7 Å². The molecular weight excluding hydrogens is 285 g/mol. The summed E-state index contributed by atoms with van der Waals surface area (Å²) >= 11 is 0. The van der Waals surface area contributed by atoms with Crippen LogP contribution in [0.4, 0.5) is 13.2 Å². The van der Waals surface area contributed by atoms with Gasteiger partial charge in [-0.2, -0.15) is 13.2 Å². The van der Waals surface area contributed by atoms with Gasteiger partial charge < -0.3 is 14.1 Å². The van der Waals surface area contributed by atoms with Gasteiger partial charge in [0.15, 0.2) is 11.6 Å². The first-order valence-corrected chi connectivity index (χ1v) is 6.23. The van der Waals surface area contributed by atoms with E-state index in [9.17, 15) is 13.2 Å². The summed E-state index contributed by atoms with van der Waals surface area (Å²) in [7, 11) is 0. The van der Waals surface area contributed by atoms with Crippen LogP contribution < -0.4 is 0 Å². The standard InChI is InChI=1S/C14H11F3N2O2/c15-14(16,17)9-3-4-11-10(8-9)18-13(19(11)5-6-20)12-2-1-7-21-12/h1-4,7-8,20H,5-6H2. The normalized spacial score (nSPS) is 12.2. The largest absolute Gasteiger partial charge is 0.461 e. The molecule has 2 aromatic heterocycles. The summed E-state index contributed by atoms with van der Waals surface area (Å²) in [6.45, 7) is 0.0675. The molecule has 0 spiro atoms. The second-order valence-corrected chi connectivity index (χ2v) is 4.49. The van der Waals surface area contributed by atoms with Crippen molar-refractivity contribution in [3.63, 3.8) is 0 Å². The van der Waals surface area contributed by atoms with Crippen LogP contribution in [0.3, 0.4) is 0 Å². The van der Waals surface area contributed by atoms with Crippen molar-refractivity contribution in [1.82, 2.24) is 9.55 Å². The number of fused-ring (bicyclic) bond motifs is 1. The van der Waals surface area contributed by atoms with E-state index in [1.807, 2.05) is 0 Å². The van der Waals surface area contributed by atoms with Crippen molar-refractivity contribution < 1.29 is 22.7 Å². The van der Waals surface area contributed by atoms with Crippen LogP contribution in [0, 0.1) is 0 Å². The van der Waals surface area contributed by atoms with E-state index >= 15 is 0 Å². The number of aliphatic hydroxyl groups is 1. The molecule has 0 bridgehead atoms. The van der Waals surface area contributed by atoms with Crippen LogP contribution in [0.1, 0.15) is 5.56 Å². The number of aliphatic hydroxyl groups excluding tert-OH is 1. The number of rotatable bonds is 3. The smallest absolute Gasteiger partial charge is 0.416 e. The third-order valence-electron chi connectivity index (χ3n) is 3.14. The molecule has 0 aliphatic carbocycles. The van der Waals surface area contributed by atoms with Crippen LogP contribution in [0.5, 0.6) is 0 Å². The number of hydrogen-bond donors (Lipinski definition) is 1. The lowest BCUT2D eigenvalue weighted by Gasteiger charge is -2.07. The van der Waals surface area contributed by atoms with Crippen LogP contribution in [-0.2, 0) is 12.7 Å². The summed E-state index contributed by atoms with van der Waals surface area (Å²) in [6, 6.07) is 6.69. The first kappa shape index (κ1) is 13.7. The van der Waals surface area contributed by atoms with E-state index in [4.69, 9.17) is 9.52 Å². The van der Waals surface area contributed by atoms with Gasteiger partial charge in [-0.3, -0.25) is 0 Å². The Morgan fingerprint density at radius 3 is 2.67 bits per heavy atom. The second-order valence-electron chi connectivity index (χ2n) is 4.49. The predicted molar refractivity (Wildman–Crippen MR) is 69.5 cm³/mol. The zero-order valence-electron chi connectivity index (χ0n) is 10.8. The molecule has 0 fully saturated rings. The highest BCUT2D eigenvalue weighted by Gasteiger charge is 2.31. The third-order valence-corrected chi connectivity index (χ3v) is 3.14. The van der Waals surface area contributed by atoms with Gasteiger partial charge in [0.25, 0.3) is 0 Å². The van der Waals surface area contributed by atoms with Crippen LogP contribution >= 0.6 is 0 Å². The Bertz CT molecular complexity index is 760. The Morgan fingerprint density at radius 1 is 1.24 bits per heavy atom. The zero-order valence-corrected chi connectivity index (χ0v) is 10.8. The summed E-state index contributed by atoms with van der Waals surface area (Å²) in [5.74, 6) is 0.830. The molecule has 21 heavy (non-hydrogen) atoms. The molecule has 3 aromatic rings. The molecule has 0 aliphatic heterocycles. The molecule has 0 radical (unpaired) electrons. The summed E-state index contributed by atoms with van der Waals surface area (Å²) in [5.41, 5.74) is -0.0252. The molecule has 0 saturated carbocycles. The quantitative estimate of drug-likeness (QED) is 0.806. The molecule has 0 saturated heterocycles. The second kappa shape index (κ2) is 4.92. The maximum atomic E-state index is 12.8. The molecular formula is C14H11F3N2O2. The summed E-state index contributed by atoms with van der Waals surface area (Å²) < 4.78 is 45.1. The molecule has 7 heteroatoms. The number of furan rings is 1. The van der Waals surface area contributed by atoms with Gasteiger partial charge in [0.2, 0.25) is 0 Å². The maximum Gasteiger partial charge on any atom is 0.416 e. The minimum absolute atomic E-state index is 0.153. The van der Waals surface area contributed by atoms with E-state index < -0.39 is 11.7 Å². The fraction of sp³-hybridized carbons (Fsp3) is 0.214. The van der Waals surface area contributed by atoms with Crippen molar-refractivity contribution in [3.8, 4) is 11.6 Å². The molecule has 110 valence electrons. The van der Waals surface area contributed by atoms with Crippen LogP contribution in [-0.4, -0.2) is 21.3 Å². The van der Waals surface area contributed by atoms with E-state index in [0.717, 1.165) is 12.1 Å². The van der Waals surface area contributed by atoms with E-state index in [1.54, 1.807) is 16.7 Å². The van der Waals surface area contributed by atoms with E-state index in [2.05, 4.69) is 4.98 Å². The number of nitrogens with zero attached hydrogens (tertiary/aromatic N) is 2. The van der Waals surface area contributed by atoms with Crippen LogP contribution in [0.15, 0.2) is 41.0 Å². The van der Waals surface area contributed by atoms with Crippen LogP contribution in [0.25, 0.3) is 22.6 Å². The predicted octanol–water partition coefficient (Wildman–Crippen LogP) is 3.31. The Morgan fingerprint density at radius 2 is 2.05 bits per heavy atom. The molecule has 0 aliphatic rings. The molecule has 0 amide bonds. The number of aromatic nitrogens is 2. The van der Waals surface area contributed by atoms with Crippen molar-refractivity contribution >= 4 is 11.0 Å². The number of imidazole rings is 1. The maximum absolute atomic E-state index is 12.8. The molecule has 4 nitrogen and oxygen atoms in total. The van der Waals surface area contributed by atoms with Crippen molar-refractivity contribution in [1.29, 1.82) is 0 Å². The minimum atomic E-state index is -4.42. The number of hydrogen-bond acceptors (Lipinski definition) is 3. The summed E-state index contributed by atoms with van der Waals surface area (Å²) in [5, 5.41) is 9.14. The average molecular weight is 296 g/mol. The highest BCUT2D eigenvalue weighted by Crippen LogP contribution is 2.33. The Kier molecular flexibility index (Phi) is 3.21. The SMILES string of the molecule is OCCn1c(-c2ccco2)nc2cc(C(F)(F)F)ccc21. The summed E-state index contributed by atoms with van der Waals surface area (Å²) in [6.07, 6.45) is -2.96. The van der Waals surface area contributed by atoms with E-state index in [1.165, 1.54) is 12.3 Å². The van der Waals surface area contributed by atoms with Gasteiger partial charge in [-0.05, 0) is 30.3 Å². The van der Waals surface area contributed by atoms with Gasteiger partial charge in [0.05, 0.1) is 29.5 Å². The van der Waals surface area contributed by atoms with Gasteiger partial charge in [-0.25, -0.2) is 4.98 Å². The minimum Gasteiger partial charge on any atom is -0.461 e. The lowest BCUT2D eigenvalue weighted by Crippen LogP contribution is -2.05. The molecule has 0 unspecified atom stereocenters. The van der Waals surface area contributed by atoms with E-state index in [0.29, 0.717) is 17.1 Å². The highest BCUT2D eigenvalue weighted by molar-refractivity contribution is 5.80. The fourth-order valence-corrected chi connectivity index (χ4v) is 2.23. The Balaban J connectivity index is 2.21. The van der Waals surface area contributed by atoms with Gasteiger partial charge in [-0.15, -0.1) is 0 Å². The van der Waals surface area contributed by atoms with Crippen molar-refractivity contribution in [2.75, 3.05) is 6.61 Å². The van der Waals surface area contributed by atoms with Crippen molar-refractivity contribution in [3.05, 3.63) is 42.2 Å². The number of halogens is 3. The first-order chi connectivity index (χ1) is 10.0. The van der Waals surface area contributed by atoms with Gasteiger partial charge in [0.1, 0.15) is 0 Å². The monoisotopic (exact) mass is 296 g/mol. The molecule has 2 heterocycles. The van der Waals surface area contributed by atoms with Crippen molar-refractivity contribution in [2.24, 2.45) is 0 Å².